The Hall–Kier alpha value is -1.26. The van der Waals surface area contributed by atoms with E-state index in [-0.39, 0.29) is 5.75 Å². The van der Waals surface area contributed by atoms with Crippen molar-refractivity contribution >= 4 is 0 Å². The molecule has 1 heterocycles. The van der Waals surface area contributed by atoms with Gasteiger partial charge in [-0.1, -0.05) is 0 Å². The number of aryl methyl sites for hydroxylation is 1. The molecule has 0 aromatic carbocycles. The molecule has 0 aliphatic carbocycles. The van der Waals surface area contributed by atoms with Gasteiger partial charge in [-0.05, 0) is 18.6 Å². The average Bonchev–Trinajstić information content (AvgIpc) is 2.01. The van der Waals surface area contributed by atoms with Crippen molar-refractivity contribution < 1.29 is 17.9 Å². The van der Waals surface area contributed by atoms with Crippen LogP contribution in [0.1, 0.15) is 5.56 Å². The molecule has 0 unspecified atom stereocenters. The Labute approximate surface area is 73.4 Å². The van der Waals surface area contributed by atoms with E-state index < -0.39 is 12.8 Å². The fourth-order valence-electron chi connectivity index (χ4n) is 0.709. The van der Waals surface area contributed by atoms with Gasteiger partial charge in [0.1, 0.15) is 6.20 Å². The highest BCUT2D eigenvalue weighted by atomic mass is 19.4. The van der Waals surface area contributed by atoms with Gasteiger partial charge >= 0.3 is 6.18 Å². The molecule has 2 nitrogen and oxygen atoms in total. The molecule has 0 atom stereocenters. The topological polar surface area (TPSA) is 22.1 Å². The first-order valence-electron chi connectivity index (χ1n) is 3.52. The van der Waals surface area contributed by atoms with Crippen molar-refractivity contribution in [2.75, 3.05) is 6.61 Å². The lowest BCUT2D eigenvalue weighted by atomic mass is 10.3. The fraction of sp³-hybridized carbons (Fsp3) is 0.375. The Morgan fingerprint density at radius 2 is 2.23 bits per heavy atom. The second kappa shape index (κ2) is 3.64. The van der Waals surface area contributed by atoms with Crippen LogP contribution < -0.4 is 4.74 Å². The summed E-state index contributed by atoms with van der Waals surface area (Å²) in [4.78, 5) is 3.53. The first-order valence-corrected chi connectivity index (χ1v) is 3.52. The molecular formula is C8H7F3NO. The Morgan fingerprint density at radius 3 is 2.77 bits per heavy atom. The van der Waals surface area contributed by atoms with E-state index in [9.17, 15) is 13.2 Å². The Morgan fingerprint density at radius 1 is 1.54 bits per heavy atom. The third-order valence-corrected chi connectivity index (χ3v) is 1.30. The van der Waals surface area contributed by atoms with E-state index in [0.29, 0.717) is 5.56 Å². The van der Waals surface area contributed by atoms with E-state index in [1.54, 1.807) is 13.0 Å². The lowest BCUT2D eigenvalue weighted by Gasteiger charge is -2.09. The van der Waals surface area contributed by atoms with Crippen LogP contribution in [0.4, 0.5) is 13.2 Å². The van der Waals surface area contributed by atoms with Gasteiger partial charge in [0.15, 0.2) is 12.4 Å². The van der Waals surface area contributed by atoms with Crippen LogP contribution in [0.25, 0.3) is 0 Å². The van der Waals surface area contributed by atoms with Gasteiger partial charge in [0.2, 0.25) is 0 Å². The lowest BCUT2D eigenvalue weighted by Crippen LogP contribution is -2.19. The fourth-order valence-corrected chi connectivity index (χ4v) is 0.709. The summed E-state index contributed by atoms with van der Waals surface area (Å²) in [5.41, 5.74) is 0.583. The first kappa shape index (κ1) is 9.83. The molecule has 0 aliphatic heterocycles. The zero-order valence-corrected chi connectivity index (χ0v) is 6.85. The SMILES string of the molecule is Cc1ccn[c]c1OCC(F)(F)F. The average molecular weight is 190 g/mol. The van der Waals surface area contributed by atoms with E-state index in [2.05, 4.69) is 15.9 Å². The maximum Gasteiger partial charge on any atom is 0.422 e. The Kier molecular flexibility index (Phi) is 2.75. The predicted molar refractivity (Wildman–Crippen MR) is 39.4 cm³/mol. The second-order valence-corrected chi connectivity index (χ2v) is 2.47. The molecule has 71 valence electrons. The summed E-state index contributed by atoms with van der Waals surface area (Å²) in [5, 5.41) is 0. The van der Waals surface area contributed by atoms with Gasteiger partial charge in [-0.2, -0.15) is 13.2 Å². The molecule has 0 aliphatic rings. The minimum absolute atomic E-state index is 0.0415. The highest BCUT2D eigenvalue weighted by Gasteiger charge is 2.28. The van der Waals surface area contributed by atoms with Crippen LogP contribution in [-0.4, -0.2) is 17.8 Å². The van der Waals surface area contributed by atoms with Crippen LogP contribution in [0.3, 0.4) is 0 Å². The van der Waals surface area contributed by atoms with E-state index in [4.69, 9.17) is 0 Å². The summed E-state index contributed by atoms with van der Waals surface area (Å²) < 4.78 is 39.6. The molecule has 1 rings (SSSR count). The molecule has 0 saturated heterocycles. The van der Waals surface area contributed by atoms with Crippen molar-refractivity contribution in [2.24, 2.45) is 0 Å². The molecule has 0 fully saturated rings. The maximum atomic E-state index is 11.7. The molecule has 13 heavy (non-hydrogen) atoms. The summed E-state index contributed by atoms with van der Waals surface area (Å²) in [6.07, 6.45) is -0.546. The third-order valence-electron chi connectivity index (χ3n) is 1.30. The van der Waals surface area contributed by atoms with E-state index in [0.717, 1.165) is 0 Å². The summed E-state index contributed by atoms with van der Waals surface area (Å²) in [6, 6.07) is 1.56. The molecule has 0 spiro atoms. The largest absolute Gasteiger partial charge is 0.481 e. The van der Waals surface area contributed by atoms with Crippen molar-refractivity contribution in [3.05, 3.63) is 24.0 Å². The number of alkyl halides is 3. The number of aromatic nitrogens is 1. The molecule has 1 aromatic heterocycles. The molecule has 0 N–H and O–H groups in total. The van der Waals surface area contributed by atoms with E-state index in [1.165, 1.54) is 6.20 Å². The summed E-state index contributed by atoms with van der Waals surface area (Å²) in [7, 11) is 0. The molecule has 0 saturated carbocycles. The van der Waals surface area contributed by atoms with Gasteiger partial charge in [0, 0.05) is 6.20 Å². The lowest BCUT2D eigenvalue weighted by molar-refractivity contribution is -0.153. The maximum absolute atomic E-state index is 11.7. The minimum atomic E-state index is -4.32. The number of pyridine rings is 1. The van der Waals surface area contributed by atoms with Gasteiger partial charge in [-0.25, -0.2) is 0 Å². The summed E-state index contributed by atoms with van der Waals surface area (Å²) in [5.74, 6) is 0.0415. The summed E-state index contributed by atoms with van der Waals surface area (Å²) >= 11 is 0. The normalized spacial score (nSPS) is 11.4. The number of rotatable bonds is 2. The minimum Gasteiger partial charge on any atom is -0.481 e. The van der Waals surface area contributed by atoms with Gasteiger partial charge in [0.25, 0.3) is 0 Å². The molecule has 0 amide bonds. The Bertz CT molecular complexity index is 285. The molecule has 1 radical (unpaired) electrons. The van der Waals surface area contributed by atoms with Crippen LogP contribution in [0.5, 0.6) is 5.75 Å². The van der Waals surface area contributed by atoms with E-state index in [1.807, 2.05) is 0 Å². The van der Waals surface area contributed by atoms with Gasteiger partial charge in [-0.15, -0.1) is 0 Å². The van der Waals surface area contributed by atoms with Crippen molar-refractivity contribution in [1.29, 1.82) is 0 Å². The van der Waals surface area contributed by atoms with Crippen LogP contribution >= 0.6 is 0 Å². The Balaban J connectivity index is 2.60. The number of hydrogen-bond donors (Lipinski definition) is 0. The zero-order valence-electron chi connectivity index (χ0n) is 6.85. The number of nitrogens with zero attached hydrogens (tertiary/aromatic N) is 1. The summed E-state index contributed by atoms with van der Waals surface area (Å²) in [6.45, 7) is 0.319. The van der Waals surface area contributed by atoms with Crippen molar-refractivity contribution in [3.8, 4) is 5.75 Å². The number of hydrogen-bond acceptors (Lipinski definition) is 2. The molecule has 1 aromatic rings. The second-order valence-electron chi connectivity index (χ2n) is 2.47. The van der Waals surface area contributed by atoms with Crippen LogP contribution in [0.2, 0.25) is 0 Å². The standard InChI is InChI=1S/C8H7F3NO/c1-6-2-3-12-4-7(6)13-5-8(9,10)11/h2-3H,5H2,1H3. The molecule has 0 bridgehead atoms. The van der Waals surface area contributed by atoms with Crippen LogP contribution in [0, 0.1) is 13.1 Å². The van der Waals surface area contributed by atoms with Gasteiger partial charge in [0.05, 0.1) is 0 Å². The highest BCUT2D eigenvalue weighted by Crippen LogP contribution is 2.19. The highest BCUT2D eigenvalue weighted by molar-refractivity contribution is 5.26. The molecular weight excluding hydrogens is 183 g/mol. The van der Waals surface area contributed by atoms with E-state index >= 15 is 0 Å². The van der Waals surface area contributed by atoms with Crippen LogP contribution in [0.15, 0.2) is 12.3 Å². The van der Waals surface area contributed by atoms with Crippen LogP contribution in [-0.2, 0) is 0 Å². The smallest absolute Gasteiger partial charge is 0.422 e. The number of halogens is 3. The monoisotopic (exact) mass is 190 g/mol. The van der Waals surface area contributed by atoms with Crippen molar-refractivity contribution in [2.45, 2.75) is 13.1 Å². The number of ether oxygens (including phenoxy) is 1. The first-order chi connectivity index (χ1) is 5.99. The zero-order chi connectivity index (χ0) is 9.90. The quantitative estimate of drug-likeness (QED) is 0.712. The van der Waals surface area contributed by atoms with Crippen molar-refractivity contribution in [3.63, 3.8) is 0 Å². The van der Waals surface area contributed by atoms with Gasteiger partial charge in [-0.3, -0.25) is 4.98 Å². The van der Waals surface area contributed by atoms with Gasteiger partial charge < -0.3 is 4.74 Å². The third kappa shape index (κ3) is 3.31. The molecule has 5 heteroatoms. The van der Waals surface area contributed by atoms with Crippen molar-refractivity contribution in [1.82, 2.24) is 4.98 Å². The predicted octanol–water partition coefficient (Wildman–Crippen LogP) is 2.13.